The van der Waals surface area contributed by atoms with Crippen LogP contribution in [0.1, 0.15) is 10.4 Å². The summed E-state index contributed by atoms with van der Waals surface area (Å²) in [4.78, 5) is 32.7. The number of rotatable bonds is 5. The van der Waals surface area contributed by atoms with Crippen LogP contribution in [0.5, 0.6) is 0 Å². The van der Waals surface area contributed by atoms with Crippen LogP contribution < -0.4 is 5.32 Å². The van der Waals surface area contributed by atoms with Gasteiger partial charge in [0.05, 0.1) is 4.92 Å². The number of hydrogen-bond donors (Lipinski definition) is 2. The van der Waals surface area contributed by atoms with Gasteiger partial charge in [0.15, 0.2) is 0 Å². The molecular weight excluding hydrogens is 260 g/mol. The Balaban J connectivity index is 3.06. The summed E-state index contributed by atoms with van der Waals surface area (Å²) < 4.78 is 0. The van der Waals surface area contributed by atoms with Crippen LogP contribution in [0.15, 0.2) is 23.1 Å². The summed E-state index contributed by atoms with van der Waals surface area (Å²) in [6.45, 7) is -0.584. The molecule has 0 atom stereocenters. The van der Waals surface area contributed by atoms with Crippen molar-refractivity contribution in [1.29, 1.82) is 0 Å². The van der Waals surface area contributed by atoms with E-state index in [0.29, 0.717) is 4.90 Å². The molecule has 1 amide bonds. The summed E-state index contributed by atoms with van der Waals surface area (Å²) in [7, 11) is 0. The maximum absolute atomic E-state index is 11.7. The van der Waals surface area contributed by atoms with Crippen molar-refractivity contribution in [2.75, 3.05) is 12.8 Å². The zero-order valence-corrected chi connectivity index (χ0v) is 10.2. The van der Waals surface area contributed by atoms with Crippen molar-refractivity contribution in [3.63, 3.8) is 0 Å². The zero-order chi connectivity index (χ0) is 13.7. The Morgan fingerprint density at radius 1 is 1.50 bits per heavy atom. The van der Waals surface area contributed by atoms with Crippen molar-refractivity contribution in [2.24, 2.45) is 0 Å². The summed E-state index contributed by atoms with van der Waals surface area (Å²) >= 11 is 1.33. The Bertz CT molecular complexity index is 503. The highest BCUT2D eigenvalue weighted by atomic mass is 32.2. The first-order valence-corrected chi connectivity index (χ1v) is 6.00. The number of thioether (sulfide) groups is 1. The first-order valence-electron chi connectivity index (χ1n) is 4.78. The third-order valence-electron chi connectivity index (χ3n) is 2.05. The predicted octanol–water partition coefficient (Wildman–Crippen LogP) is 1.13. The monoisotopic (exact) mass is 270 g/mol. The molecule has 0 saturated heterocycles. The van der Waals surface area contributed by atoms with E-state index in [4.69, 9.17) is 5.11 Å². The summed E-state index contributed by atoms with van der Waals surface area (Å²) in [5, 5.41) is 21.3. The Labute approximate surface area is 106 Å². The van der Waals surface area contributed by atoms with Gasteiger partial charge in [0, 0.05) is 11.0 Å². The third kappa shape index (κ3) is 3.45. The normalized spacial score (nSPS) is 9.83. The Kier molecular flexibility index (Phi) is 4.67. The average molecular weight is 270 g/mol. The number of carboxylic acids is 1. The van der Waals surface area contributed by atoms with E-state index in [0.717, 1.165) is 0 Å². The van der Waals surface area contributed by atoms with Gasteiger partial charge in [-0.05, 0) is 18.4 Å². The molecule has 96 valence electrons. The Hall–Kier alpha value is -2.09. The van der Waals surface area contributed by atoms with E-state index in [1.54, 1.807) is 6.26 Å². The smallest absolute Gasteiger partial charge is 0.322 e. The van der Waals surface area contributed by atoms with Crippen molar-refractivity contribution in [3.05, 3.63) is 33.9 Å². The van der Waals surface area contributed by atoms with E-state index < -0.39 is 23.3 Å². The fourth-order valence-corrected chi connectivity index (χ4v) is 1.67. The number of carbonyl (C=O) groups is 2. The summed E-state index contributed by atoms with van der Waals surface area (Å²) in [6.07, 6.45) is 1.76. The molecule has 1 aromatic carbocycles. The fourth-order valence-electron chi connectivity index (χ4n) is 1.23. The summed E-state index contributed by atoms with van der Waals surface area (Å²) in [6, 6.07) is 4.11. The van der Waals surface area contributed by atoms with Gasteiger partial charge in [0.25, 0.3) is 11.6 Å². The molecule has 2 N–H and O–H groups in total. The van der Waals surface area contributed by atoms with Gasteiger partial charge < -0.3 is 10.4 Å². The molecule has 18 heavy (non-hydrogen) atoms. The molecule has 1 rings (SSSR count). The molecule has 8 heteroatoms. The van der Waals surface area contributed by atoms with Crippen molar-refractivity contribution in [2.45, 2.75) is 4.90 Å². The van der Waals surface area contributed by atoms with Gasteiger partial charge in [-0.1, -0.05) is 0 Å². The van der Waals surface area contributed by atoms with Gasteiger partial charge in [-0.3, -0.25) is 19.7 Å². The van der Waals surface area contributed by atoms with Crippen molar-refractivity contribution in [3.8, 4) is 0 Å². The maximum atomic E-state index is 11.7. The number of nitrogens with one attached hydrogen (secondary N) is 1. The minimum atomic E-state index is -1.22. The molecule has 0 unspecified atom stereocenters. The van der Waals surface area contributed by atoms with Crippen molar-refractivity contribution in [1.82, 2.24) is 5.32 Å². The predicted molar refractivity (Wildman–Crippen MR) is 64.8 cm³/mol. The highest BCUT2D eigenvalue weighted by Gasteiger charge is 2.20. The average Bonchev–Trinajstić information content (AvgIpc) is 2.34. The molecule has 0 aliphatic carbocycles. The van der Waals surface area contributed by atoms with Crippen LogP contribution in [0.4, 0.5) is 5.69 Å². The summed E-state index contributed by atoms with van der Waals surface area (Å²) in [5.41, 5.74) is -0.496. The van der Waals surface area contributed by atoms with Crippen LogP contribution >= 0.6 is 11.8 Å². The maximum Gasteiger partial charge on any atom is 0.322 e. The number of benzene rings is 1. The molecule has 7 nitrogen and oxygen atoms in total. The quantitative estimate of drug-likeness (QED) is 0.471. The van der Waals surface area contributed by atoms with E-state index >= 15 is 0 Å². The SMILES string of the molecule is CSc1ccc([N+](=O)[O-])c(C(=O)NCC(=O)O)c1. The summed E-state index contributed by atoms with van der Waals surface area (Å²) in [5.74, 6) is -1.99. The number of carbonyl (C=O) groups excluding carboxylic acids is 1. The molecule has 0 aliphatic rings. The fraction of sp³-hybridized carbons (Fsp3) is 0.200. The number of amides is 1. The van der Waals surface area contributed by atoms with Crippen LogP contribution in [-0.4, -0.2) is 34.7 Å². The van der Waals surface area contributed by atoms with Gasteiger partial charge in [-0.15, -0.1) is 11.8 Å². The lowest BCUT2D eigenvalue weighted by molar-refractivity contribution is -0.385. The number of nitrogens with zero attached hydrogens (tertiary/aromatic N) is 1. The molecule has 0 saturated carbocycles. The van der Waals surface area contributed by atoms with Crippen LogP contribution in [0.3, 0.4) is 0 Å². The molecule has 1 aromatic rings. The largest absolute Gasteiger partial charge is 0.480 e. The number of nitro benzene ring substituents is 1. The molecule has 0 spiro atoms. The highest BCUT2D eigenvalue weighted by Crippen LogP contribution is 2.24. The molecule has 0 aliphatic heterocycles. The minimum absolute atomic E-state index is 0.145. The Morgan fingerprint density at radius 3 is 2.67 bits per heavy atom. The lowest BCUT2D eigenvalue weighted by Crippen LogP contribution is -2.29. The topological polar surface area (TPSA) is 110 Å². The van der Waals surface area contributed by atoms with Crippen LogP contribution in [0.25, 0.3) is 0 Å². The first-order chi connectivity index (χ1) is 8.45. The van der Waals surface area contributed by atoms with Gasteiger partial charge >= 0.3 is 5.97 Å². The van der Waals surface area contributed by atoms with Gasteiger partial charge in [0.1, 0.15) is 12.1 Å². The standard InChI is InChI=1S/C10H10N2O5S/c1-18-6-2-3-8(12(16)17)7(4-6)10(15)11-5-9(13)14/h2-4H,5H2,1H3,(H,11,15)(H,13,14). The second-order valence-corrected chi connectivity index (χ2v) is 4.10. The number of aliphatic carboxylic acids is 1. The number of carboxylic acid groups (broad SMARTS) is 1. The third-order valence-corrected chi connectivity index (χ3v) is 2.77. The molecular formula is C10H10N2O5S. The van der Waals surface area contributed by atoms with Crippen molar-refractivity contribution >= 4 is 29.3 Å². The van der Waals surface area contributed by atoms with Crippen LogP contribution in [0, 0.1) is 10.1 Å². The van der Waals surface area contributed by atoms with Crippen LogP contribution in [-0.2, 0) is 4.79 Å². The van der Waals surface area contributed by atoms with E-state index in [1.807, 2.05) is 0 Å². The molecule has 0 fully saturated rings. The number of hydrogen-bond acceptors (Lipinski definition) is 5. The molecule has 0 aromatic heterocycles. The lowest BCUT2D eigenvalue weighted by atomic mass is 10.1. The van der Waals surface area contributed by atoms with Gasteiger partial charge in [-0.25, -0.2) is 0 Å². The van der Waals surface area contributed by atoms with E-state index in [9.17, 15) is 19.7 Å². The minimum Gasteiger partial charge on any atom is -0.480 e. The van der Waals surface area contributed by atoms with Crippen LogP contribution in [0.2, 0.25) is 0 Å². The lowest BCUT2D eigenvalue weighted by Gasteiger charge is -2.05. The van der Waals surface area contributed by atoms with E-state index in [-0.39, 0.29) is 11.3 Å². The van der Waals surface area contributed by atoms with Crippen molar-refractivity contribution < 1.29 is 19.6 Å². The Morgan fingerprint density at radius 2 is 2.17 bits per heavy atom. The second-order valence-electron chi connectivity index (χ2n) is 3.22. The zero-order valence-electron chi connectivity index (χ0n) is 9.37. The molecule has 0 radical (unpaired) electrons. The van der Waals surface area contributed by atoms with Gasteiger partial charge in [0.2, 0.25) is 0 Å². The number of nitro groups is 1. The second kappa shape index (κ2) is 6.01. The molecule has 0 bridgehead atoms. The van der Waals surface area contributed by atoms with Gasteiger partial charge in [-0.2, -0.15) is 0 Å². The highest BCUT2D eigenvalue weighted by molar-refractivity contribution is 7.98. The van der Waals surface area contributed by atoms with E-state index in [2.05, 4.69) is 5.32 Å². The molecule has 0 heterocycles. The first kappa shape index (κ1) is 14.0. The van der Waals surface area contributed by atoms with E-state index in [1.165, 1.54) is 30.0 Å².